The van der Waals surface area contributed by atoms with Crippen LogP contribution in [0.4, 0.5) is 10.5 Å². The van der Waals surface area contributed by atoms with Gasteiger partial charge in [0.2, 0.25) is 0 Å². The average Bonchev–Trinajstić information content (AvgIpc) is 3.29. The number of benzene rings is 3. The number of carbonyl (C=O) groups excluding carboxylic acids is 3. The van der Waals surface area contributed by atoms with Crippen molar-refractivity contribution in [3.63, 3.8) is 0 Å². The molecule has 224 valence electrons. The van der Waals surface area contributed by atoms with Crippen molar-refractivity contribution in [2.75, 3.05) is 4.90 Å². The van der Waals surface area contributed by atoms with Crippen molar-refractivity contribution in [3.8, 4) is 6.07 Å². The first-order valence-electron chi connectivity index (χ1n) is 15.9. The number of barbiturate groups is 1. The Bertz CT molecular complexity index is 1940. The highest BCUT2D eigenvalue weighted by Gasteiger charge is 2.51. The molecule has 4 bridgehead atoms. The number of imide groups is 2. The molecule has 1 aromatic heterocycles. The highest BCUT2D eigenvalue weighted by atomic mass is 16.2. The Morgan fingerprint density at radius 3 is 2.22 bits per heavy atom. The minimum absolute atomic E-state index is 0.0943. The molecule has 1 saturated heterocycles. The molecule has 3 aromatic carbocycles. The summed E-state index contributed by atoms with van der Waals surface area (Å²) in [5, 5.41) is 12.9. The summed E-state index contributed by atoms with van der Waals surface area (Å²) in [4.78, 5) is 41.2. The van der Waals surface area contributed by atoms with Crippen LogP contribution in [0.3, 0.4) is 0 Å². The minimum atomic E-state index is -0.739. The smallest absolute Gasteiger partial charge is 0.335 e. The van der Waals surface area contributed by atoms with Crippen LogP contribution in [0, 0.1) is 36.0 Å². The van der Waals surface area contributed by atoms with Gasteiger partial charge in [-0.2, -0.15) is 5.26 Å². The Balaban J connectivity index is 1.14. The lowest BCUT2D eigenvalue weighted by Gasteiger charge is -2.57. The Hall–Kier alpha value is -4.96. The fourth-order valence-electron chi connectivity index (χ4n) is 9.25. The number of amides is 4. The summed E-state index contributed by atoms with van der Waals surface area (Å²) in [5.41, 5.74) is 5.85. The summed E-state index contributed by atoms with van der Waals surface area (Å²) < 4.78 is 2.09. The lowest BCUT2D eigenvalue weighted by Crippen LogP contribution is -2.54. The molecule has 4 aromatic rings. The molecule has 0 radical (unpaired) electrons. The topological polar surface area (TPSA) is 95.2 Å². The molecule has 5 fully saturated rings. The van der Waals surface area contributed by atoms with Crippen molar-refractivity contribution in [1.29, 1.82) is 5.26 Å². The summed E-state index contributed by atoms with van der Waals surface area (Å²) in [6.45, 7) is 2.40. The van der Waals surface area contributed by atoms with Crippen molar-refractivity contribution >= 4 is 40.5 Å². The van der Waals surface area contributed by atoms with Gasteiger partial charge in [0, 0.05) is 28.7 Å². The van der Waals surface area contributed by atoms with Crippen LogP contribution < -0.4 is 10.2 Å². The molecule has 0 atom stereocenters. The van der Waals surface area contributed by atoms with Crippen LogP contribution in [-0.2, 0) is 21.5 Å². The second-order valence-electron chi connectivity index (χ2n) is 13.6. The van der Waals surface area contributed by atoms with Crippen molar-refractivity contribution in [3.05, 3.63) is 106 Å². The van der Waals surface area contributed by atoms with Crippen LogP contribution in [0.5, 0.6) is 0 Å². The molecule has 1 aliphatic heterocycles. The molecule has 45 heavy (non-hydrogen) atoms. The van der Waals surface area contributed by atoms with Crippen molar-refractivity contribution in [2.24, 2.45) is 17.8 Å². The lowest BCUT2D eigenvalue weighted by molar-refractivity contribution is -0.122. The SMILES string of the molecule is Cc1c(/C=C2\C(=O)NC(=O)N(c3ccc(C45CC6CC(CC(C6)C4)C5)cc3)C2=O)c2ccccc2n1Cc1ccccc1C#N. The van der Waals surface area contributed by atoms with E-state index in [0.29, 0.717) is 17.8 Å². The fourth-order valence-corrected chi connectivity index (χ4v) is 9.25. The van der Waals surface area contributed by atoms with Gasteiger partial charge in [-0.3, -0.25) is 14.9 Å². The van der Waals surface area contributed by atoms with E-state index in [4.69, 9.17) is 0 Å². The normalized spacial score (nSPS) is 26.5. The van der Waals surface area contributed by atoms with Gasteiger partial charge in [-0.05, 0) is 110 Å². The largest absolute Gasteiger partial charge is 0.340 e. The van der Waals surface area contributed by atoms with E-state index in [0.717, 1.165) is 50.4 Å². The van der Waals surface area contributed by atoms with Gasteiger partial charge in [-0.15, -0.1) is 0 Å². The average molecular weight is 595 g/mol. The maximum atomic E-state index is 13.9. The van der Waals surface area contributed by atoms with Gasteiger partial charge in [-0.1, -0.05) is 48.5 Å². The molecule has 0 unspecified atom stereocenters. The number of carbonyl (C=O) groups is 3. The number of rotatable bonds is 5. The zero-order valence-corrected chi connectivity index (χ0v) is 25.3. The number of nitrogens with one attached hydrogen (secondary N) is 1. The maximum absolute atomic E-state index is 13.9. The van der Waals surface area contributed by atoms with Crippen LogP contribution in [0.15, 0.2) is 78.4 Å². The first-order chi connectivity index (χ1) is 21.8. The van der Waals surface area contributed by atoms with E-state index < -0.39 is 17.8 Å². The molecule has 1 N–H and O–H groups in total. The van der Waals surface area contributed by atoms with Crippen LogP contribution in [0.1, 0.15) is 66.5 Å². The Morgan fingerprint density at radius 1 is 0.889 bits per heavy atom. The quantitative estimate of drug-likeness (QED) is 0.199. The molecule has 0 spiro atoms. The highest BCUT2D eigenvalue weighted by Crippen LogP contribution is 2.60. The number of para-hydroxylation sites is 1. The van der Waals surface area contributed by atoms with Gasteiger partial charge in [0.05, 0.1) is 17.3 Å². The number of hydrogen-bond donors (Lipinski definition) is 1. The number of nitrogens with zero attached hydrogens (tertiary/aromatic N) is 3. The van der Waals surface area contributed by atoms with Gasteiger partial charge in [-0.25, -0.2) is 9.69 Å². The molecule has 5 aliphatic rings. The van der Waals surface area contributed by atoms with E-state index in [1.54, 1.807) is 12.1 Å². The first kappa shape index (κ1) is 27.6. The standard InChI is InChI=1S/C38H34N4O3/c1-23-32(31-8-4-5-9-34(31)41(23)22-28-7-3-2-6-27(28)21-39)17-33-35(43)40-37(45)42(36(33)44)30-12-10-29(11-13-30)38-18-24-14-25(19-38)16-26(15-24)20-38/h2-13,17,24-26H,14-16,18-20,22H2,1H3,(H,40,43,45)/b33-17+. The summed E-state index contributed by atoms with van der Waals surface area (Å²) in [7, 11) is 0. The number of aromatic nitrogens is 1. The van der Waals surface area contributed by atoms with Gasteiger partial charge in [0.15, 0.2) is 0 Å². The summed E-state index contributed by atoms with van der Waals surface area (Å²) >= 11 is 0. The molecule has 9 rings (SSSR count). The van der Waals surface area contributed by atoms with E-state index in [2.05, 4.69) is 28.1 Å². The van der Waals surface area contributed by atoms with E-state index in [9.17, 15) is 19.6 Å². The van der Waals surface area contributed by atoms with Crippen LogP contribution in [0.2, 0.25) is 0 Å². The molecule has 4 aliphatic carbocycles. The summed E-state index contributed by atoms with van der Waals surface area (Å²) in [6.07, 6.45) is 9.41. The Kier molecular flexibility index (Phi) is 6.32. The minimum Gasteiger partial charge on any atom is -0.340 e. The van der Waals surface area contributed by atoms with Crippen LogP contribution >= 0.6 is 0 Å². The van der Waals surface area contributed by atoms with E-state index in [-0.39, 0.29) is 11.0 Å². The van der Waals surface area contributed by atoms with Crippen LogP contribution in [0.25, 0.3) is 17.0 Å². The molecule has 7 nitrogen and oxygen atoms in total. The molecule has 4 amide bonds. The van der Waals surface area contributed by atoms with Gasteiger partial charge in [0.25, 0.3) is 11.8 Å². The first-order valence-corrected chi connectivity index (χ1v) is 15.9. The van der Waals surface area contributed by atoms with E-state index >= 15 is 0 Å². The molecule has 4 saturated carbocycles. The third-order valence-corrected chi connectivity index (χ3v) is 10.9. The molecule has 7 heteroatoms. The fraction of sp³-hybridized carbons (Fsp3) is 0.316. The second-order valence-corrected chi connectivity index (χ2v) is 13.6. The molecular weight excluding hydrogens is 560 g/mol. The highest BCUT2D eigenvalue weighted by molar-refractivity contribution is 6.39. The van der Waals surface area contributed by atoms with Crippen molar-refractivity contribution in [2.45, 2.75) is 57.4 Å². The third-order valence-electron chi connectivity index (χ3n) is 10.9. The van der Waals surface area contributed by atoms with Crippen molar-refractivity contribution in [1.82, 2.24) is 9.88 Å². The number of hydrogen-bond acceptors (Lipinski definition) is 4. The third kappa shape index (κ3) is 4.42. The Labute approximate surface area is 262 Å². The number of nitriles is 1. The molecule has 2 heterocycles. The number of urea groups is 1. The maximum Gasteiger partial charge on any atom is 0.335 e. The zero-order valence-electron chi connectivity index (χ0n) is 25.3. The summed E-state index contributed by atoms with van der Waals surface area (Å²) in [5.74, 6) is 1.11. The predicted molar refractivity (Wildman–Crippen MR) is 172 cm³/mol. The number of fused-ring (bicyclic) bond motifs is 1. The lowest BCUT2D eigenvalue weighted by atomic mass is 9.48. The van der Waals surface area contributed by atoms with Gasteiger partial charge in [0.1, 0.15) is 5.57 Å². The Morgan fingerprint density at radius 2 is 1.53 bits per heavy atom. The van der Waals surface area contributed by atoms with Crippen LogP contribution in [-0.4, -0.2) is 22.4 Å². The van der Waals surface area contributed by atoms with E-state index in [1.165, 1.54) is 44.1 Å². The van der Waals surface area contributed by atoms with Crippen molar-refractivity contribution < 1.29 is 14.4 Å². The monoisotopic (exact) mass is 594 g/mol. The zero-order chi connectivity index (χ0) is 30.9. The predicted octanol–water partition coefficient (Wildman–Crippen LogP) is 7.00. The second kappa shape index (κ2) is 10.3. The molecular formula is C38H34N4O3. The van der Waals surface area contributed by atoms with E-state index in [1.807, 2.05) is 61.5 Å². The number of anilines is 1. The van der Waals surface area contributed by atoms with Gasteiger partial charge >= 0.3 is 6.03 Å². The van der Waals surface area contributed by atoms with Gasteiger partial charge < -0.3 is 4.57 Å². The summed E-state index contributed by atoms with van der Waals surface area (Å²) in [6, 6.07) is 24.7.